The number of nitrogens with one attached hydrogen (secondary N) is 2. The summed E-state index contributed by atoms with van der Waals surface area (Å²) in [5.74, 6) is 4.17. The quantitative estimate of drug-likeness (QED) is 0.187. The number of nitrogens with zero attached hydrogens (tertiary/aromatic N) is 1. The van der Waals surface area contributed by atoms with Crippen LogP contribution in [0.4, 0.5) is 37.7 Å². The Balaban J connectivity index is 0.00000204. The van der Waals surface area contributed by atoms with Crippen molar-refractivity contribution >= 4 is 17.2 Å². The second kappa shape index (κ2) is 9.87. The molecule has 12 heteroatoms. The molecule has 0 aliphatic rings. The zero-order valence-corrected chi connectivity index (χ0v) is 15.3. The molecule has 0 saturated carbocycles. The molecule has 2 aromatic rings. The first-order valence-electron chi connectivity index (χ1n) is 8.13. The maximum Gasteiger partial charge on any atom is 0.573 e. The van der Waals surface area contributed by atoms with Crippen molar-refractivity contribution in [1.29, 1.82) is 0 Å². The molecule has 29 heavy (non-hydrogen) atoms. The predicted octanol–water partition coefficient (Wildman–Crippen LogP) is 4.46. The van der Waals surface area contributed by atoms with Gasteiger partial charge in [-0.05, 0) is 42.5 Å². The summed E-state index contributed by atoms with van der Waals surface area (Å²) in [6, 6.07) is 7.17. The highest BCUT2D eigenvalue weighted by molar-refractivity contribution is 6.03. The third-order valence-electron chi connectivity index (χ3n) is 3.18. The van der Waals surface area contributed by atoms with Gasteiger partial charge in [0, 0.05) is 16.9 Å². The van der Waals surface area contributed by atoms with Crippen LogP contribution in [0, 0.1) is 0 Å². The van der Waals surface area contributed by atoms with Crippen molar-refractivity contribution in [2.24, 2.45) is 16.7 Å². The summed E-state index contributed by atoms with van der Waals surface area (Å²) >= 11 is 0. The minimum atomic E-state index is -4.92. The fourth-order valence-corrected chi connectivity index (χ4v) is 2.07. The van der Waals surface area contributed by atoms with E-state index in [-0.39, 0.29) is 22.8 Å². The Morgan fingerprint density at radius 3 is 2.03 bits per heavy atom. The molecule has 0 bridgehead atoms. The summed E-state index contributed by atoms with van der Waals surface area (Å²) in [6.45, 7) is 4.00. The van der Waals surface area contributed by atoms with Crippen molar-refractivity contribution in [2.75, 3.05) is 5.32 Å². The lowest BCUT2D eigenvalue weighted by molar-refractivity contribution is -0.274. The van der Waals surface area contributed by atoms with Crippen LogP contribution in [-0.4, -0.2) is 12.2 Å². The van der Waals surface area contributed by atoms with E-state index in [2.05, 4.69) is 15.2 Å². The van der Waals surface area contributed by atoms with Crippen LogP contribution in [0.1, 0.15) is 25.0 Å². The van der Waals surface area contributed by atoms with Crippen molar-refractivity contribution in [1.82, 2.24) is 5.53 Å². The van der Waals surface area contributed by atoms with E-state index in [4.69, 9.17) is 11.6 Å². The predicted molar refractivity (Wildman–Crippen MR) is 97.2 cm³/mol. The summed E-state index contributed by atoms with van der Waals surface area (Å²) in [5, 5.41) is 6.22. The Morgan fingerprint density at radius 1 is 0.966 bits per heavy atom. The van der Waals surface area contributed by atoms with Gasteiger partial charge in [-0.15, -0.1) is 18.3 Å². The van der Waals surface area contributed by atoms with E-state index in [0.717, 1.165) is 36.4 Å². The standard InChI is InChI=1S/C15H13F6N5O.C2H6/c16-14(17,18)8-1-3-9(4-2-8)24-12-6-5-10(27-15(19,20)21)7-11(12)13(22)25-26-23;1-2/h1-7,24,26H,23H2,(H2,22,25);1-2H3. The fourth-order valence-electron chi connectivity index (χ4n) is 2.07. The van der Waals surface area contributed by atoms with Crippen molar-refractivity contribution in [3.05, 3.63) is 53.6 Å². The lowest BCUT2D eigenvalue weighted by Crippen LogP contribution is -2.24. The van der Waals surface area contributed by atoms with Gasteiger partial charge in [0.25, 0.3) is 0 Å². The molecule has 2 rings (SSSR count). The molecule has 0 atom stereocenters. The smallest absolute Gasteiger partial charge is 0.406 e. The lowest BCUT2D eigenvalue weighted by atomic mass is 10.1. The van der Waals surface area contributed by atoms with E-state index in [1.807, 2.05) is 19.4 Å². The van der Waals surface area contributed by atoms with Gasteiger partial charge in [-0.3, -0.25) is 0 Å². The number of amidine groups is 1. The Kier molecular flexibility index (Phi) is 8.13. The van der Waals surface area contributed by atoms with E-state index < -0.39 is 23.9 Å². The van der Waals surface area contributed by atoms with Crippen LogP contribution in [0.2, 0.25) is 0 Å². The molecule has 160 valence electrons. The molecule has 0 fully saturated rings. The third kappa shape index (κ3) is 7.41. The molecule has 0 saturated heterocycles. The number of benzene rings is 2. The molecule has 2 aromatic carbocycles. The second-order valence-electron chi connectivity index (χ2n) is 5.08. The second-order valence-corrected chi connectivity index (χ2v) is 5.08. The lowest BCUT2D eigenvalue weighted by Gasteiger charge is -2.15. The van der Waals surface area contributed by atoms with Gasteiger partial charge in [-0.25, -0.2) is 11.4 Å². The maximum absolute atomic E-state index is 12.6. The van der Waals surface area contributed by atoms with Gasteiger partial charge in [-0.1, -0.05) is 13.8 Å². The van der Waals surface area contributed by atoms with E-state index in [0.29, 0.717) is 0 Å². The highest BCUT2D eigenvalue weighted by Crippen LogP contribution is 2.32. The number of ether oxygens (including phenoxy) is 1. The first kappa shape index (κ1) is 23.9. The van der Waals surface area contributed by atoms with Gasteiger partial charge < -0.3 is 15.8 Å². The molecule has 0 heterocycles. The topological polar surface area (TPSA) is 97.7 Å². The minimum Gasteiger partial charge on any atom is -0.406 e. The first-order valence-corrected chi connectivity index (χ1v) is 8.13. The summed E-state index contributed by atoms with van der Waals surface area (Å²) in [6.07, 6.45) is -9.41. The molecule has 0 spiro atoms. The van der Waals surface area contributed by atoms with Crippen molar-refractivity contribution < 1.29 is 31.1 Å². The molecule has 6 nitrogen and oxygen atoms in total. The number of halogens is 6. The maximum atomic E-state index is 12.6. The van der Waals surface area contributed by atoms with Crippen LogP contribution in [0.3, 0.4) is 0 Å². The van der Waals surface area contributed by atoms with E-state index in [1.165, 1.54) is 6.07 Å². The van der Waals surface area contributed by atoms with E-state index in [9.17, 15) is 26.3 Å². The summed E-state index contributed by atoms with van der Waals surface area (Å²) in [5.41, 5.74) is 7.09. The Morgan fingerprint density at radius 2 is 1.55 bits per heavy atom. The Labute approximate surface area is 162 Å². The highest BCUT2D eigenvalue weighted by atomic mass is 19.4. The number of nitrogens with two attached hydrogens (primary N) is 2. The molecular formula is C17H19F6N5O. The number of anilines is 2. The van der Waals surface area contributed by atoms with Gasteiger partial charge in [-0.2, -0.15) is 13.2 Å². The van der Waals surface area contributed by atoms with Gasteiger partial charge in [0.05, 0.1) is 5.56 Å². The van der Waals surface area contributed by atoms with Crippen LogP contribution in [-0.2, 0) is 6.18 Å². The van der Waals surface area contributed by atoms with Crippen molar-refractivity contribution in [3.63, 3.8) is 0 Å². The monoisotopic (exact) mass is 423 g/mol. The molecule has 0 radical (unpaired) electrons. The van der Waals surface area contributed by atoms with E-state index in [1.54, 1.807) is 0 Å². The largest absolute Gasteiger partial charge is 0.573 e. The summed E-state index contributed by atoms with van der Waals surface area (Å²) in [7, 11) is 0. The van der Waals surface area contributed by atoms with Crippen LogP contribution in [0.25, 0.3) is 0 Å². The molecule has 0 aliphatic heterocycles. The molecule has 0 aliphatic carbocycles. The van der Waals surface area contributed by atoms with Crippen LogP contribution < -0.4 is 27.2 Å². The normalized spacial score (nSPS) is 12.0. The third-order valence-corrected chi connectivity index (χ3v) is 3.18. The number of hydrogen-bond acceptors (Lipinski definition) is 5. The van der Waals surface area contributed by atoms with Crippen LogP contribution >= 0.6 is 0 Å². The zero-order chi connectivity index (χ0) is 22.2. The number of hydrogen-bond donors (Lipinski definition) is 4. The van der Waals surface area contributed by atoms with Crippen LogP contribution in [0.15, 0.2) is 47.6 Å². The SMILES string of the molecule is CC.NN/N=C(\N)c1cc(OC(F)(F)F)ccc1Nc1ccc(C(F)(F)F)cc1. The van der Waals surface area contributed by atoms with Gasteiger partial charge in [0.2, 0.25) is 0 Å². The number of alkyl halides is 6. The molecule has 0 unspecified atom stereocenters. The molecular weight excluding hydrogens is 404 g/mol. The van der Waals surface area contributed by atoms with Crippen LogP contribution in [0.5, 0.6) is 5.75 Å². The number of hydrazone groups is 1. The Hall–Kier alpha value is -3.15. The van der Waals surface area contributed by atoms with Gasteiger partial charge >= 0.3 is 12.5 Å². The number of rotatable bonds is 5. The summed E-state index contributed by atoms with van der Waals surface area (Å²) < 4.78 is 78.8. The molecule has 0 amide bonds. The first-order chi connectivity index (χ1) is 13.5. The van der Waals surface area contributed by atoms with Crippen molar-refractivity contribution in [3.8, 4) is 5.75 Å². The minimum absolute atomic E-state index is 0.0189. The molecule has 6 N–H and O–H groups in total. The fraction of sp³-hybridized carbons (Fsp3) is 0.235. The Bertz CT molecular complexity index is 819. The van der Waals surface area contributed by atoms with Gasteiger partial charge in [0.15, 0.2) is 5.84 Å². The highest BCUT2D eigenvalue weighted by Gasteiger charge is 2.32. The average Bonchev–Trinajstić information content (AvgIpc) is 2.63. The zero-order valence-electron chi connectivity index (χ0n) is 15.3. The average molecular weight is 423 g/mol. The summed E-state index contributed by atoms with van der Waals surface area (Å²) in [4.78, 5) is 0. The van der Waals surface area contributed by atoms with Crippen molar-refractivity contribution in [2.45, 2.75) is 26.4 Å². The van der Waals surface area contributed by atoms with E-state index >= 15 is 0 Å². The molecule has 0 aromatic heterocycles. The van der Waals surface area contributed by atoms with Gasteiger partial charge in [0.1, 0.15) is 5.75 Å². The number of hydrazine groups is 1.